The van der Waals surface area contributed by atoms with Crippen LogP contribution in [-0.2, 0) is 4.79 Å². The van der Waals surface area contributed by atoms with Crippen molar-refractivity contribution in [2.24, 2.45) is 17.8 Å². The molecule has 1 aliphatic rings. The van der Waals surface area contributed by atoms with Gasteiger partial charge < -0.3 is 0 Å². The van der Waals surface area contributed by atoms with Crippen molar-refractivity contribution in [2.75, 3.05) is 0 Å². The molecule has 1 rings (SSSR count). The minimum atomic E-state index is 0.485. The van der Waals surface area contributed by atoms with Crippen LogP contribution in [0.5, 0.6) is 0 Å². The largest absolute Gasteiger partial charge is 0.300 e. The fourth-order valence-electron chi connectivity index (χ4n) is 2.23. The van der Waals surface area contributed by atoms with E-state index in [0.717, 1.165) is 31.1 Å². The third kappa shape index (κ3) is 2.09. The zero-order valence-corrected chi connectivity index (χ0v) is 8.47. The molecule has 1 nitrogen and oxygen atoms in total. The van der Waals surface area contributed by atoms with E-state index in [-0.39, 0.29) is 0 Å². The summed E-state index contributed by atoms with van der Waals surface area (Å²) in [5, 5.41) is 0. The Bertz CT molecular complexity index is 158. The maximum atomic E-state index is 11.2. The van der Waals surface area contributed by atoms with Crippen molar-refractivity contribution < 1.29 is 4.79 Å². The Morgan fingerprint density at radius 1 is 1.58 bits per heavy atom. The summed E-state index contributed by atoms with van der Waals surface area (Å²) in [7, 11) is 0. The normalized spacial score (nSPS) is 33.4. The standard InChI is InChI=1S/C11H20O/c1-4-8(2)11-7-10(12)6-5-9(11)3/h8-9,11H,4-7H2,1-3H3. The highest BCUT2D eigenvalue weighted by Gasteiger charge is 2.29. The van der Waals surface area contributed by atoms with E-state index >= 15 is 0 Å². The molecule has 0 spiro atoms. The van der Waals surface area contributed by atoms with Gasteiger partial charge in [-0.2, -0.15) is 0 Å². The Labute approximate surface area is 75.5 Å². The van der Waals surface area contributed by atoms with Crippen molar-refractivity contribution in [1.82, 2.24) is 0 Å². The van der Waals surface area contributed by atoms with Gasteiger partial charge in [0.25, 0.3) is 0 Å². The quantitative estimate of drug-likeness (QED) is 0.619. The molecule has 1 heteroatoms. The molecule has 0 radical (unpaired) electrons. The fraction of sp³-hybridized carbons (Fsp3) is 0.909. The average molecular weight is 168 g/mol. The van der Waals surface area contributed by atoms with Crippen LogP contribution in [0.1, 0.15) is 46.5 Å². The highest BCUT2D eigenvalue weighted by molar-refractivity contribution is 5.79. The predicted octanol–water partition coefficient (Wildman–Crippen LogP) is 3.04. The molecule has 3 atom stereocenters. The van der Waals surface area contributed by atoms with Crippen molar-refractivity contribution in [1.29, 1.82) is 0 Å². The maximum absolute atomic E-state index is 11.2. The Morgan fingerprint density at radius 3 is 2.83 bits per heavy atom. The van der Waals surface area contributed by atoms with Crippen LogP contribution < -0.4 is 0 Å². The van der Waals surface area contributed by atoms with Crippen LogP contribution in [0.2, 0.25) is 0 Å². The first kappa shape index (κ1) is 9.76. The average Bonchev–Trinajstić information content (AvgIpc) is 2.08. The lowest BCUT2D eigenvalue weighted by Crippen LogP contribution is -2.27. The molecule has 1 saturated carbocycles. The lowest BCUT2D eigenvalue weighted by Gasteiger charge is -2.32. The SMILES string of the molecule is CCC(C)C1CC(=O)CCC1C. The zero-order valence-electron chi connectivity index (χ0n) is 8.47. The summed E-state index contributed by atoms with van der Waals surface area (Å²) in [5.41, 5.74) is 0. The third-order valence-corrected chi connectivity index (χ3v) is 3.45. The van der Waals surface area contributed by atoms with Crippen molar-refractivity contribution in [3.05, 3.63) is 0 Å². The minimum Gasteiger partial charge on any atom is -0.300 e. The number of hydrogen-bond acceptors (Lipinski definition) is 1. The van der Waals surface area contributed by atoms with Crippen molar-refractivity contribution in [2.45, 2.75) is 46.5 Å². The molecule has 0 saturated heterocycles. The van der Waals surface area contributed by atoms with Crippen LogP contribution in [0.3, 0.4) is 0 Å². The summed E-state index contributed by atoms with van der Waals surface area (Å²) in [6.45, 7) is 6.79. The maximum Gasteiger partial charge on any atom is 0.133 e. The van der Waals surface area contributed by atoms with E-state index < -0.39 is 0 Å². The molecule has 12 heavy (non-hydrogen) atoms. The summed E-state index contributed by atoms with van der Waals surface area (Å²) in [4.78, 5) is 11.2. The van der Waals surface area contributed by atoms with Crippen LogP contribution in [0, 0.1) is 17.8 Å². The lowest BCUT2D eigenvalue weighted by molar-refractivity contribution is -0.123. The monoisotopic (exact) mass is 168 g/mol. The molecule has 0 aromatic heterocycles. The topological polar surface area (TPSA) is 17.1 Å². The Balaban J connectivity index is 2.54. The Kier molecular flexibility index (Phi) is 3.30. The Hall–Kier alpha value is -0.330. The molecule has 0 aliphatic heterocycles. The van der Waals surface area contributed by atoms with Gasteiger partial charge in [-0.3, -0.25) is 4.79 Å². The van der Waals surface area contributed by atoms with Crippen molar-refractivity contribution in [3.8, 4) is 0 Å². The smallest absolute Gasteiger partial charge is 0.133 e. The van der Waals surface area contributed by atoms with E-state index in [4.69, 9.17) is 0 Å². The fourth-order valence-corrected chi connectivity index (χ4v) is 2.23. The van der Waals surface area contributed by atoms with Gasteiger partial charge in [-0.15, -0.1) is 0 Å². The second-order valence-electron chi connectivity index (χ2n) is 4.31. The number of hydrogen-bond donors (Lipinski definition) is 0. The molecule has 0 aromatic carbocycles. The number of ketones is 1. The summed E-state index contributed by atoms with van der Waals surface area (Å²) in [6.07, 6.45) is 4.00. The van der Waals surface area contributed by atoms with Gasteiger partial charge in [0.05, 0.1) is 0 Å². The van der Waals surface area contributed by atoms with Gasteiger partial charge in [0.2, 0.25) is 0 Å². The molecule has 1 aliphatic carbocycles. The highest BCUT2D eigenvalue weighted by Crippen LogP contribution is 2.34. The molecule has 0 heterocycles. The van der Waals surface area contributed by atoms with Crippen LogP contribution in [0.15, 0.2) is 0 Å². The molecule has 70 valence electrons. The van der Waals surface area contributed by atoms with Gasteiger partial charge >= 0.3 is 0 Å². The van der Waals surface area contributed by atoms with Crippen LogP contribution in [0.25, 0.3) is 0 Å². The molecule has 0 bridgehead atoms. The van der Waals surface area contributed by atoms with Gasteiger partial charge in [-0.1, -0.05) is 27.2 Å². The van der Waals surface area contributed by atoms with E-state index in [1.54, 1.807) is 0 Å². The highest BCUT2D eigenvalue weighted by atomic mass is 16.1. The number of carbonyl (C=O) groups is 1. The first-order valence-electron chi connectivity index (χ1n) is 5.16. The van der Waals surface area contributed by atoms with E-state index in [1.807, 2.05) is 0 Å². The minimum absolute atomic E-state index is 0.485. The summed E-state index contributed by atoms with van der Waals surface area (Å²) < 4.78 is 0. The first-order chi connectivity index (χ1) is 5.65. The first-order valence-corrected chi connectivity index (χ1v) is 5.16. The summed E-state index contributed by atoms with van der Waals surface area (Å²) in [5.74, 6) is 2.64. The number of carbonyl (C=O) groups excluding carboxylic acids is 1. The van der Waals surface area contributed by atoms with Crippen LogP contribution in [-0.4, -0.2) is 5.78 Å². The number of rotatable bonds is 2. The summed E-state index contributed by atoms with van der Waals surface area (Å²) in [6, 6.07) is 0. The molecule has 3 unspecified atom stereocenters. The molecular formula is C11H20O. The van der Waals surface area contributed by atoms with Gasteiger partial charge in [-0.25, -0.2) is 0 Å². The molecule has 0 aromatic rings. The van der Waals surface area contributed by atoms with Gasteiger partial charge in [0, 0.05) is 12.8 Å². The van der Waals surface area contributed by atoms with E-state index in [2.05, 4.69) is 20.8 Å². The van der Waals surface area contributed by atoms with E-state index in [0.29, 0.717) is 11.7 Å². The van der Waals surface area contributed by atoms with E-state index in [1.165, 1.54) is 6.42 Å². The van der Waals surface area contributed by atoms with Gasteiger partial charge in [0.1, 0.15) is 5.78 Å². The third-order valence-electron chi connectivity index (χ3n) is 3.45. The molecular weight excluding hydrogens is 148 g/mol. The second kappa shape index (κ2) is 4.06. The van der Waals surface area contributed by atoms with Gasteiger partial charge in [0.15, 0.2) is 0 Å². The zero-order chi connectivity index (χ0) is 9.14. The number of Topliss-reactive ketones (excluding diaryl/α,β-unsaturated/α-hetero) is 1. The van der Waals surface area contributed by atoms with Crippen molar-refractivity contribution >= 4 is 5.78 Å². The molecule has 0 amide bonds. The van der Waals surface area contributed by atoms with Crippen LogP contribution >= 0.6 is 0 Å². The predicted molar refractivity (Wildman–Crippen MR) is 51.0 cm³/mol. The lowest BCUT2D eigenvalue weighted by atomic mass is 9.73. The molecule has 1 fully saturated rings. The van der Waals surface area contributed by atoms with Crippen molar-refractivity contribution in [3.63, 3.8) is 0 Å². The van der Waals surface area contributed by atoms with Crippen LogP contribution in [0.4, 0.5) is 0 Å². The summed E-state index contributed by atoms with van der Waals surface area (Å²) >= 11 is 0. The van der Waals surface area contributed by atoms with E-state index in [9.17, 15) is 4.79 Å². The Morgan fingerprint density at radius 2 is 2.25 bits per heavy atom. The van der Waals surface area contributed by atoms with Gasteiger partial charge in [-0.05, 0) is 24.2 Å². The molecule has 0 N–H and O–H groups in total. The second-order valence-corrected chi connectivity index (χ2v) is 4.31.